The average Bonchev–Trinajstić information content (AvgIpc) is 2.29. The molecule has 15 heavy (non-hydrogen) atoms. The predicted octanol–water partition coefficient (Wildman–Crippen LogP) is 1.26. The Hall–Kier alpha value is -1.79. The van der Waals surface area contributed by atoms with Crippen molar-refractivity contribution in [2.75, 3.05) is 7.11 Å². The molecule has 1 aromatic rings. The minimum atomic E-state index is -0.843. The van der Waals surface area contributed by atoms with Crippen LogP contribution in [0.1, 0.15) is 23.7 Å². The van der Waals surface area contributed by atoms with Crippen LogP contribution in [0.5, 0.6) is 0 Å². The van der Waals surface area contributed by atoms with Gasteiger partial charge in [-0.2, -0.15) is 0 Å². The number of esters is 1. The van der Waals surface area contributed by atoms with Gasteiger partial charge in [-0.3, -0.25) is 4.79 Å². The Bertz CT molecular complexity index is 373. The van der Waals surface area contributed by atoms with E-state index in [-0.39, 0.29) is 6.42 Å². The molecule has 0 aliphatic carbocycles. The van der Waals surface area contributed by atoms with Gasteiger partial charge in [0.05, 0.1) is 19.6 Å². The summed E-state index contributed by atoms with van der Waals surface area (Å²) in [5.41, 5.74) is 1.39. The SMILES string of the molecule is C#Cc1ccc([C@H](O)CC(=O)OC)cc1. The monoisotopic (exact) mass is 204 g/mol. The zero-order valence-corrected chi connectivity index (χ0v) is 8.43. The maximum atomic E-state index is 10.9. The summed E-state index contributed by atoms with van der Waals surface area (Å²) in [5, 5.41) is 9.63. The molecule has 0 aliphatic heterocycles. The number of rotatable bonds is 3. The molecule has 0 bridgehead atoms. The van der Waals surface area contributed by atoms with Crippen LogP contribution in [0.3, 0.4) is 0 Å². The fourth-order valence-electron chi connectivity index (χ4n) is 1.16. The molecule has 0 heterocycles. The van der Waals surface area contributed by atoms with Gasteiger partial charge in [-0.1, -0.05) is 18.1 Å². The van der Waals surface area contributed by atoms with Crippen LogP contribution >= 0.6 is 0 Å². The molecular formula is C12H12O3. The molecule has 0 aromatic heterocycles. The molecule has 1 N–H and O–H groups in total. The molecule has 1 rings (SSSR count). The summed E-state index contributed by atoms with van der Waals surface area (Å²) in [6, 6.07) is 6.83. The van der Waals surface area contributed by atoms with Crippen molar-refractivity contribution in [3.63, 3.8) is 0 Å². The lowest BCUT2D eigenvalue weighted by molar-refractivity contribution is -0.142. The smallest absolute Gasteiger partial charge is 0.308 e. The predicted molar refractivity (Wildman–Crippen MR) is 56.0 cm³/mol. The molecule has 3 nitrogen and oxygen atoms in total. The molecule has 0 unspecified atom stereocenters. The molecule has 0 saturated heterocycles. The third-order valence-electron chi connectivity index (χ3n) is 2.05. The summed E-state index contributed by atoms with van der Waals surface area (Å²) in [6.45, 7) is 0. The summed E-state index contributed by atoms with van der Waals surface area (Å²) in [5.74, 6) is 2.03. The van der Waals surface area contributed by atoms with Gasteiger partial charge in [0, 0.05) is 5.56 Å². The summed E-state index contributed by atoms with van der Waals surface area (Å²) >= 11 is 0. The van der Waals surface area contributed by atoms with E-state index < -0.39 is 12.1 Å². The second kappa shape index (κ2) is 5.18. The lowest BCUT2D eigenvalue weighted by atomic mass is 10.1. The Morgan fingerprint density at radius 1 is 1.53 bits per heavy atom. The molecule has 1 aromatic carbocycles. The average molecular weight is 204 g/mol. The van der Waals surface area contributed by atoms with E-state index in [1.165, 1.54) is 7.11 Å². The highest BCUT2D eigenvalue weighted by Gasteiger charge is 2.12. The normalized spacial score (nSPS) is 11.5. The van der Waals surface area contributed by atoms with Crippen LogP contribution in [0, 0.1) is 12.3 Å². The van der Waals surface area contributed by atoms with Crippen LogP contribution in [0.15, 0.2) is 24.3 Å². The highest BCUT2D eigenvalue weighted by molar-refractivity contribution is 5.70. The first-order valence-electron chi connectivity index (χ1n) is 4.49. The Kier molecular flexibility index (Phi) is 3.90. The highest BCUT2D eigenvalue weighted by atomic mass is 16.5. The van der Waals surface area contributed by atoms with Crippen LogP contribution < -0.4 is 0 Å². The first kappa shape index (κ1) is 11.3. The Morgan fingerprint density at radius 2 is 2.13 bits per heavy atom. The number of terminal acetylenes is 1. The largest absolute Gasteiger partial charge is 0.469 e. The van der Waals surface area contributed by atoms with E-state index in [4.69, 9.17) is 6.42 Å². The van der Waals surface area contributed by atoms with E-state index in [9.17, 15) is 9.90 Å². The molecule has 0 saturated carbocycles. The topological polar surface area (TPSA) is 46.5 Å². The first-order chi connectivity index (χ1) is 7.17. The van der Waals surface area contributed by atoms with Gasteiger partial charge in [0.25, 0.3) is 0 Å². The third kappa shape index (κ3) is 3.12. The Morgan fingerprint density at radius 3 is 2.60 bits per heavy atom. The van der Waals surface area contributed by atoms with E-state index in [0.29, 0.717) is 5.56 Å². The second-order valence-electron chi connectivity index (χ2n) is 3.06. The van der Waals surface area contributed by atoms with Gasteiger partial charge < -0.3 is 9.84 Å². The van der Waals surface area contributed by atoms with Crippen LogP contribution in [-0.4, -0.2) is 18.2 Å². The third-order valence-corrected chi connectivity index (χ3v) is 2.05. The molecule has 1 atom stereocenters. The molecule has 0 aliphatic rings. The van der Waals surface area contributed by atoms with Gasteiger partial charge in [0.1, 0.15) is 0 Å². The number of aliphatic hydroxyl groups is 1. The summed E-state index contributed by atoms with van der Waals surface area (Å²) in [4.78, 5) is 10.9. The molecular weight excluding hydrogens is 192 g/mol. The number of carbonyl (C=O) groups is 1. The fraction of sp³-hybridized carbons (Fsp3) is 0.250. The maximum Gasteiger partial charge on any atom is 0.308 e. The van der Waals surface area contributed by atoms with E-state index in [1.807, 2.05) is 0 Å². The molecule has 0 amide bonds. The van der Waals surface area contributed by atoms with Gasteiger partial charge in [0.2, 0.25) is 0 Å². The molecule has 0 fully saturated rings. The number of hydrogen-bond acceptors (Lipinski definition) is 3. The van der Waals surface area contributed by atoms with Crippen molar-refractivity contribution in [3.8, 4) is 12.3 Å². The van der Waals surface area contributed by atoms with Crippen molar-refractivity contribution in [2.24, 2.45) is 0 Å². The quantitative estimate of drug-likeness (QED) is 0.595. The lowest BCUT2D eigenvalue weighted by Crippen LogP contribution is -2.07. The van der Waals surface area contributed by atoms with E-state index in [2.05, 4.69) is 10.7 Å². The number of ether oxygens (including phenoxy) is 1. The van der Waals surface area contributed by atoms with Gasteiger partial charge in [-0.05, 0) is 17.7 Å². The number of methoxy groups -OCH3 is 1. The van der Waals surface area contributed by atoms with Gasteiger partial charge in [0.15, 0.2) is 0 Å². The standard InChI is InChI=1S/C12H12O3/c1-3-9-4-6-10(7-5-9)11(13)8-12(14)15-2/h1,4-7,11,13H,8H2,2H3/t11-/m1/s1. The van der Waals surface area contributed by atoms with Crippen LogP contribution in [0.4, 0.5) is 0 Å². The summed E-state index contributed by atoms with van der Waals surface area (Å²) < 4.78 is 4.46. The number of hydrogen-bond donors (Lipinski definition) is 1. The zero-order valence-electron chi connectivity index (χ0n) is 8.43. The molecule has 0 spiro atoms. The maximum absolute atomic E-state index is 10.9. The van der Waals surface area contributed by atoms with Crippen molar-refractivity contribution < 1.29 is 14.6 Å². The second-order valence-corrected chi connectivity index (χ2v) is 3.06. The Labute approximate surface area is 88.7 Å². The fourth-order valence-corrected chi connectivity index (χ4v) is 1.16. The minimum absolute atomic E-state index is 0.0497. The lowest BCUT2D eigenvalue weighted by Gasteiger charge is -2.09. The summed E-state index contributed by atoms with van der Waals surface area (Å²) in [6.07, 6.45) is 4.30. The van der Waals surface area contributed by atoms with Gasteiger partial charge in [-0.15, -0.1) is 6.42 Å². The van der Waals surface area contributed by atoms with Gasteiger partial charge in [-0.25, -0.2) is 0 Å². The highest BCUT2D eigenvalue weighted by Crippen LogP contribution is 2.17. The zero-order chi connectivity index (χ0) is 11.3. The van der Waals surface area contributed by atoms with Crippen LogP contribution in [0.2, 0.25) is 0 Å². The minimum Gasteiger partial charge on any atom is -0.469 e. The molecule has 0 radical (unpaired) electrons. The number of carbonyl (C=O) groups excluding carboxylic acids is 1. The van der Waals surface area contributed by atoms with Crippen molar-refractivity contribution in [2.45, 2.75) is 12.5 Å². The van der Waals surface area contributed by atoms with E-state index in [1.54, 1.807) is 24.3 Å². The first-order valence-corrected chi connectivity index (χ1v) is 4.49. The number of aliphatic hydroxyl groups excluding tert-OH is 1. The van der Waals surface area contributed by atoms with E-state index in [0.717, 1.165) is 5.56 Å². The van der Waals surface area contributed by atoms with Crippen molar-refractivity contribution in [1.82, 2.24) is 0 Å². The Balaban J connectivity index is 2.70. The van der Waals surface area contributed by atoms with Crippen molar-refractivity contribution in [3.05, 3.63) is 35.4 Å². The van der Waals surface area contributed by atoms with E-state index >= 15 is 0 Å². The summed E-state index contributed by atoms with van der Waals surface area (Å²) in [7, 11) is 1.29. The molecule has 78 valence electrons. The van der Waals surface area contributed by atoms with Crippen LogP contribution in [0.25, 0.3) is 0 Å². The van der Waals surface area contributed by atoms with Crippen molar-refractivity contribution in [1.29, 1.82) is 0 Å². The van der Waals surface area contributed by atoms with Gasteiger partial charge >= 0.3 is 5.97 Å². The molecule has 3 heteroatoms. The van der Waals surface area contributed by atoms with Crippen molar-refractivity contribution >= 4 is 5.97 Å². The van der Waals surface area contributed by atoms with Crippen LogP contribution in [-0.2, 0) is 9.53 Å². The number of benzene rings is 1.